The van der Waals surface area contributed by atoms with E-state index in [1.54, 1.807) is 0 Å². The Balaban J connectivity index is 2.39. The van der Waals surface area contributed by atoms with Crippen LogP contribution in [0.25, 0.3) is 21.8 Å². The van der Waals surface area contributed by atoms with Crippen molar-refractivity contribution in [3.63, 3.8) is 0 Å². The van der Waals surface area contributed by atoms with Crippen molar-refractivity contribution in [3.05, 3.63) is 42.2 Å². The minimum Gasteiger partial charge on any atom is -0.342 e. The second-order valence-corrected chi connectivity index (χ2v) is 5.52. The summed E-state index contributed by atoms with van der Waals surface area (Å²) in [5, 5.41) is 2.46. The average Bonchev–Trinajstić information content (AvgIpc) is 2.72. The van der Waals surface area contributed by atoms with Gasteiger partial charge in [-0.3, -0.25) is 0 Å². The molecule has 0 unspecified atom stereocenters. The van der Waals surface area contributed by atoms with E-state index < -0.39 is 0 Å². The molecule has 0 fully saturated rings. The first kappa shape index (κ1) is 10.3. The smallest absolute Gasteiger partial charge is 0.112 e. The van der Waals surface area contributed by atoms with E-state index in [-0.39, 0.29) is 5.41 Å². The van der Waals surface area contributed by atoms with Gasteiger partial charge in [0, 0.05) is 10.8 Å². The van der Waals surface area contributed by atoms with Crippen LogP contribution in [0.2, 0.25) is 0 Å². The topological polar surface area (TPSA) is 28.7 Å². The maximum absolute atomic E-state index is 4.76. The third-order valence-electron chi connectivity index (χ3n) is 3.09. The Kier molecular flexibility index (Phi) is 2.02. The molecule has 86 valence electrons. The summed E-state index contributed by atoms with van der Waals surface area (Å²) >= 11 is 0. The Bertz CT molecular complexity index is 687. The number of H-pyrrole nitrogens is 1. The highest BCUT2D eigenvalue weighted by Gasteiger charge is 2.18. The zero-order chi connectivity index (χ0) is 12.0. The van der Waals surface area contributed by atoms with Crippen LogP contribution in [0.3, 0.4) is 0 Å². The molecule has 3 rings (SSSR count). The molecule has 0 aliphatic rings. The van der Waals surface area contributed by atoms with E-state index >= 15 is 0 Å². The summed E-state index contributed by atoms with van der Waals surface area (Å²) < 4.78 is 0. The van der Waals surface area contributed by atoms with E-state index in [9.17, 15) is 0 Å². The first-order valence-corrected chi connectivity index (χ1v) is 5.94. The van der Waals surface area contributed by atoms with Crippen LogP contribution < -0.4 is 0 Å². The second-order valence-electron chi connectivity index (χ2n) is 5.52. The summed E-state index contributed by atoms with van der Waals surface area (Å²) in [5.41, 5.74) is 2.25. The van der Waals surface area contributed by atoms with Gasteiger partial charge in [0.25, 0.3) is 0 Å². The van der Waals surface area contributed by atoms with E-state index in [1.165, 1.54) is 10.8 Å². The molecule has 0 aliphatic carbocycles. The van der Waals surface area contributed by atoms with Gasteiger partial charge in [0.2, 0.25) is 0 Å². The van der Waals surface area contributed by atoms with Gasteiger partial charge >= 0.3 is 0 Å². The van der Waals surface area contributed by atoms with E-state index in [0.29, 0.717) is 0 Å². The minimum atomic E-state index is 0.0557. The molecule has 0 amide bonds. The third kappa shape index (κ3) is 1.60. The number of rotatable bonds is 0. The van der Waals surface area contributed by atoms with Gasteiger partial charge in [-0.2, -0.15) is 0 Å². The fourth-order valence-corrected chi connectivity index (χ4v) is 2.10. The Hall–Kier alpha value is -1.83. The normalized spacial score (nSPS) is 12.4. The Morgan fingerprint density at radius 3 is 2.53 bits per heavy atom. The lowest BCUT2D eigenvalue weighted by atomic mass is 9.96. The molecular formula is C15H16N2. The third-order valence-corrected chi connectivity index (χ3v) is 3.09. The molecular weight excluding hydrogens is 208 g/mol. The molecule has 17 heavy (non-hydrogen) atoms. The molecule has 0 atom stereocenters. The summed E-state index contributed by atoms with van der Waals surface area (Å²) in [6.07, 6.45) is 0. The van der Waals surface area contributed by atoms with Gasteiger partial charge in [0.15, 0.2) is 0 Å². The first-order chi connectivity index (χ1) is 8.05. The fourth-order valence-electron chi connectivity index (χ4n) is 2.10. The van der Waals surface area contributed by atoms with Gasteiger partial charge in [-0.1, -0.05) is 51.1 Å². The lowest BCUT2D eigenvalue weighted by molar-refractivity contribution is 0.554. The van der Waals surface area contributed by atoms with Gasteiger partial charge < -0.3 is 4.98 Å². The maximum Gasteiger partial charge on any atom is 0.112 e. The zero-order valence-corrected chi connectivity index (χ0v) is 10.4. The van der Waals surface area contributed by atoms with Crippen molar-refractivity contribution in [2.24, 2.45) is 0 Å². The molecule has 0 spiro atoms. The molecule has 1 aromatic heterocycles. The predicted molar refractivity (Wildman–Crippen MR) is 72.3 cm³/mol. The first-order valence-electron chi connectivity index (χ1n) is 5.94. The average molecular weight is 224 g/mol. The number of hydrogen-bond donors (Lipinski definition) is 1. The summed E-state index contributed by atoms with van der Waals surface area (Å²) in [5.74, 6) is 1.05. The van der Waals surface area contributed by atoms with E-state index in [1.807, 2.05) is 0 Å². The number of nitrogens with zero attached hydrogens (tertiary/aromatic N) is 1. The predicted octanol–water partition coefficient (Wildman–Crippen LogP) is 4.01. The number of aromatic nitrogens is 2. The highest BCUT2D eigenvalue weighted by molar-refractivity contribution is 6.04. The largest absolute Gasteiger partial charge is 0.342 e. The van der Waals surface area contributed by atoms with Gasteiger partial charge in [-0.15, -0.1) is 0 Å². The summed E-state index contributed by atoms with van der Waals surface area (Å²) in [4.78, 5) is 8.17. The Labute approximate surface area is 101 Å². The van der Waals surface area contributed by atoms with E-state index in [2.05, 4.69) is 62.2 Å². The molecule has 3 aromatic rings. The van der Waals surface area contributed by atoms with Gasteiger partial charge in [-0.25, -0.2) is 4.98 Å². The maximum atomic E-state index is 4.76. The van der Waals surface area contributed by atoms with Crippen molar-refractivity contribution in [3.8, 4) is 0 Å². The van der Waals surface area contributed by atoms with Crippen molar-refractivity contribution in [1.29, 1.82) is 0 Å². The van der Waals surface area contributed by atoms with Crippen LogP contribution in [0.15, 0.2) is 36.4 Å². The molecule has 0 bridgehead atoms. The molecule has 2 heteroatoms. The highest BCUT2D eigenvalue weighted by atomic mass is 14.9. The lowest BCUT2D eigenvalue weighted by Crippen LogP contribution is -2.12. The van der Waals surface area contributed by atoms with Crippen LogP contribution in [0.4, 0.5) is 0 Å². The molecule has 2 aromatic carbocycles. The van der Waals surface area contributed by atoms with Crippen LogP contribution in [0.1, 0.15) is 26.6 Å². The SMILES string of the molecule is CC(C)(C)c1nc2c(ccc3ccccc32)[nH]1. The highest BCUT2D eigenvalue weighted by Crippen LogP contribution is 2.27. The summed E-state index contributed by atoms with van der Waals surface area (Å²) in [6.45, 7) is 6.52. The lowest BCUT2D eigenvalue weighted by Gasteiger charge is -2.13. The Morgan fingerprint density at radius 1 is 1.00 bits per heavy atom. The van der Waals surface area contributed by atoms with Crippen molar-refractivity contribution in [2.75, 3.05) is 0 Å². The summed E-state index contributed by atoms with van der Waals surface area (Å²) in [6, 6.07) is 12.6. The summed E-state index contributed by atoms with van der Waals surface area (Å²) in [7, 11) is 0. The molecule has 0 saturated carbocycles. The number of aromatic amines is 1. The van der Waals surface area contributed by atoms with Crippen LogP contribution in [-0.4, -0.2) is 9.97 Å². The number of hydrogen-bond acceptors (Lipinski definition) is 1. The number of nitrogens with one attached hydrogen (secondary N) is 1. The molecule has 0 saturated heterocycles. The number of imidazole rings is 1. The Morgan fingerprint density at radius 2 is 1.76 bits per heavy atom. The monoisotopic (exact) mass is 224 g/mol. The molecule has 0 aliphatic heterocycles. The zero-order valence-electron chi connectivity index (χ0n) is 10.4. The fraction of sp³-hybridized carbons (Fsp3) is 0.267. The molecule has 1 N–H and O–H groups in total. The molecule has 2 nitrogen and oxygen atoms in total. The van der Waals surface area contributed by atoms with Crippen LogP contribution in [0, 0.1) is 0 Å². The minimum absolute atomic E-state index is 0.0557. The molecule has 0 radical (unpaired) electrons. The van der Waals surface area contributed by atoms with Gasteiger partial charge in [0.1, 0.15) is 5.82 Å². The second kappa shape index (κ2) is 3.33. The quantitative estimate of drug-likeness (QED) is 0.614. The van der Waals surface area contributed by atoms with Crippen LogP contribution in [0.5, 0.6) is 0 Å². The van der Waals surface area contributed by atoms with Gasteiger partial charge in [-0.05, 0) is 11.5 Å². The van der Waals surface area contributed by atoms with Crippen LogP contribution >= 0.6 is 0 Å². The van der Waals surface area contributed by atoms with E-state index in [4.69, 9.17) is 4.98 Å². The van der Waals surface area contributed by atoms with E-state index in [0.717, 1.165) is 16.9 Å². The van der Waals surface area contributed by atoms with Crippen molar-refractivity contribution in [2.45, 2.75) is 26.2 Å². The van der Waals surface area contributed by atoms with Gasteiger partial charge in [0.05, 0.1) is 11.0 Å². The van der Waals surface area contributed by atoms with Crippen LogP contribution in [-0.2, 0) is 5.41 Å². The molecule has 1 heterocycles. The van der Waals surface area contributed by atoms with Crippen molar-refractivity contribution < 1.29 is 0 Å². The number of benzene rings is 2. The standard InChI is InChI=1S/C15H16N2/c1-15(2,3)14-16-12-9-8-10-6-4-5-7-11(10)13(12)17-14/h4-9H,1-3H3,(H,16,17). The van der Waals surface area contributed by atoms with Crippen molar-refractivity contribution >= 4 is 21.8 Å². The van der Waals surface area contributed by atoms with Crippen molar-refractivity contribution in [1.82, 2.24) is 9.97 Å². The number of fused-ring (bicyclic) bond motifs is 3.